The molecule has 0 unspecified atom stereocenters. The van der Waals surface area contributed by atoms with Crippen LogP contribution in [0.15, 0.2) is 24.5 Å². The zero-order chi connectivity index (χ0) is 10.7. The second kappa shape index (κ2) is 4.23. The van der Waals surface area contributed by atoms with Gasteiger partial charge in [0, 0.05) is 23.9 Å². The van der Waals surface area contributed by atoms with Gasteiger partial charge in [-0.05, 0) is 38.1 Å². The van der Waals surface area contributed by atoms with E-state index in [1.54, 1.807) is 0 Å². The van der Waals surface area contributed by atoms with Crippen LogP contribution in [0, 0.1) is 5.92 Å². The molecule has 1 fully saturated rings. The van der Waals surface area contributed by atoms with Gasteiger partial charge in [0.15, 0.2) is 0 Å². The van der Waals surface area contributed by atoms with Crippen molar-refractivity contribution in [2.75, 3.05) is 13.1 Å². The Balaban J connectivity index is 2.18. The number of alkyl halides is 2. The van der Waals surface area contributed by atoms with E-state index in [0.29, 0.717) is 25.9 Å². The van der Waals surface area contributed by atoms with Crippen LogP contribution in [-0.4, -0.2) is 18.1 Å². The molecule has 0 radical (unpaired) electrons. The summed E-state index contributed by atoms with van der Waals surface area (Å²) in [6, 6.07) is 2.81. The van der Waals surface area contributed by atoms with Crippen molar-refractivity contribution >= 4 is 0 Å². The van der Waals surface area contributed by atoms with Gasteiger partial charge in [0.25, 0.3) is 5.92 Å². The van der Waals surface area contributed by atoms with Gasteiger partial charge in [-0.1, -0.05) is 0 Å². The second-order valence-corrected chi connectivity index (χ2v) is 3.88. The molecular weight excluding hydrogens is 198 g/mol. The third-order valence-electron chi connectivity index (χ3n) is 2.92. The van der Waals surface area contributed by atoms with E-state index in [9.17, 15) is 8.78 Å². The van der Waals surface area contributed by atoms with E-state index in [0.717, 1.165) is 0 Å². The summed E-state index contributed by atoms with van der Waals surface area (Å²) < 4.78 is 28.0. The first-order chi connectivity index (χ1) is 7.21. The van der Waals surface area contributed by atoms with E-state index in [-0.39, 0.29) is 5.56 Å². The third-order valence-corrected chi connectivity index (χ3v) is 2.92. The topological polar surface area (TPSA) is 24.9 Å². The van der Waals surface area contributed by atoms with Crippen LogP contribution in [0.25, 0.3) is 0 Å². The molecule has 2 rings (SSSR count). The van der Waals surface area contributed by atoms with Gasteiger partial charge in [0.2, 0.25) is 0 Å². The van der Waals surface area contributed by atoms with Crippen molar-refractivity contribution in [1.29, 1.82) is 0 Å². The van der Waals surface area contributed by atoms with Gasteiger partial charge < -0.3 is 5.32 Å². The monoisotopic (exact) mass is 212 g/mol. The SMILES string of the molecule is FC(F)(c1ccncc1)C1CCNCC1. The maximum atomic E-state index is 14.0. The molecule has 4 heteroatoms. The van der Waals surface area contributed by atoms with Crippen LogP contribution >= 0.6 is 0 Å². The average molecular weight is 212 g/mol. The Labute approximate surface area is 87.7 Å². The number of pyridine rings is 1. The molecule has 0 bridgehead atoms. The van der Waals surface area contributed by atoms with Gasteiger partial charge in [-0.25, -0.2) is 8.78 Å². The highest BCUT2D eigenvalue weighted by molar-refractivity contribution is 5.17. The number of halogens is 2. The summed E-state index contributed by atoms with van der Waals surface area (Å²) in [6.45, 7) is 1.37. The Morgan fingerprint density at radius 2 is 1.80 bits per heavy atom. The molecule has 0 saturated carbocycles. The van der Waals surface area contributed by atoms with Crippen LogP contribution in [0.4, 0.5) is 8.78 Å². The second-order valence-electron chi connectivity index (χ2n) is 3.88. The van der Waals surface area contributed by atoms with Crippen molar-refractivity contribution in [3.05, 3.63) is 30.1 Å². The molecule has 2 nitrogen and oxygen atoms in total. The largest absolute Gasteiger partial charge is 0.317 e. The first-order valence-electron chi connectivity index (χ1n) is 5.20. The lowest BCUT2D eigenvalue weighted by atomic mass is 9.87. The lowest BCUT2D eigenvalue weighted by Gasteiger charge is -2.30. The Morgan fingerprint density at radius 3 is 2.40 bits per heavy atom. The minimum Gasteiger partial charge on any atom is -0.317 e. The van der Waals surface area contributed by atoms with Crippen LogP contribution in [0.3, 0.4) is 0 Å². The van der Waals surface area contributed by atoms with Gasteiger partial charge in [0.05, 0.1) is 0 Å². The van der Waals surface area contributed by atoms with Gasteiger partial charge in [-0.2, -0.15) is 0 Å². The summed E-state index contributed by atoms with van der Waals surface area (Å²) in [7, 11) is 0. The fraction of sp³-hybridized carbons (Fsp3) is 0.545. The van der Waals surface area contributed by atoms with Crippen LogP contribution in [0.5, 0.6) is 0 Å². The van der Waals surface area contributed by atoms with Crippen molar-refractivity contribution in [3.63, 3.8) is 0 Å². The van der Waals surface area contributed by atoms with Gasteiger partial charge in [0.1, 0.15) is 0 Å². The number of aromatic nitrogens is 1. The van der Waals surface area contributed by atoms with Crippen molar-refractivity contribution in [1.82, 2.24) is 10.3 Å². The molecule has 2 heterocycles. The number of piperidine rings is 1. The minimum atomic E-state index is -2.72. The fourth-order valence-corrected chi connectivity index (χ4v) is 1.99. The highest BCUT2D eigenvalue weighted by Gasteiger charge is 2.41. The number of rotatable bonds is 2. The molecule has 1 aliphatic rings. The summed E-state index contributed by atoms with van der Waals surface area (Å²) in [6.07, 6.45) is 3.92. The molecule has 1 saturated heterocycles. The zero-order valence-electron chi connectivity index (χ0n) is 8.42. The number of hydrogen-bond donors (Lipinski definition) is 1. The molecule has 1 aliphatic heterocycles. The molecule has 0 aromatic carbocycles. The summed E-state index contributed by atoms with van der Waals surface area (Å²) >= 11 is 0. The molecule has 0 atom stereocenters. The van der Waals surface area contributed by atoms with Gasteiger partial charge in [-0.15, -0.1) is 0 Å². The van der Waals surface area contributed by atoms with Crippen LogP contribution in [-0.2, 0) is 5.92 Å². The highest BCUT2D eigenvalue weighted by Crippen LogP contribution is 2.39. The minimum absolute atomic E-state index is 0.0874. The van der Waals surface area contributed by atoms with Crippen molar-refractivity contribution in [3.8, 4) is 0 Å². The van der Waals surface area contributed by atoms with Crippen LogP contribution in [0.1, 0.15) is 18.4 Å². The zero-order valence-corrected chi connectivity index (χ0v) is 8.42. The summed E-state index contributed by atoms with van der Waals surface area (Å²) in [5, 5.41) is 3.09. The molecule has 15 heavy (non-hydrogen) atoms. The third kappa shape index (κ3) is 2.15. The standard InChI is InChI=1S/C11H14F2N2/c12-11(13,9-1-5-14-6-2-9)10-3-7-15-8-4-10/h1-2,5-6,10,15H,3-4,7-8H2. The summed E-state index contributed by atoms with van der Waals surface area (Å²) in [4.78, 5) is 3.76. The quantitative estimate of drug-likeness (QED) is 0.812. The lowest BCUT2D eigenvalue weighted by molar-refractivity contribution is -0.0754. The van der Waals surface area contributed by atoms with E-state index in [2.05, 4.69) is 10.3 Å². The highest BCUT2D eigenvalue weighted by atomic mass is 19.3. The number of hydrogen-bond acceptors (Lipinski definition) is 2. The van der Waals surface area contributed by atoms with Crippen molar-refractivity contribution in [2.45, 2.75) is 18.8 Å². The summed E-state index contributed by atoms with van der Waals surface area (Å²) in [5.41, 5.74) is 0.0874. The average Bonchev–Trinajstić information content (AvgIpc) is 2.31. The Hall–Kier alpha value is -1.03. The molecule has 0 amide bonds. The van der Waals surface area contributed by atoms with E-state index in [1.807, 2.05) is 0 Å². The molecule has 0 aliphatic carbocycles. The normalized spacial score (nSPS) is 19.1. The fourth-order valence-electron chi connectivity index (χ4n) is 1.99. The Morgan fingerprint density at radius 1 is 1.20 bits per heavy atom. The molecule has 0 spiro atoms. The maximum Gasteiger partial charge on any atom is 0.276 e. The van der Waals surface area contributed by atoms with Gasteiger partial charge in [-0.3, -0.25) is 4.98 Å². The van der Waals surface area contributed by atoms with E-state index >= 15 is 0 Å². The lowest BCUT2D eigenvalue weighted by Crippen LogP contribution is -2.36. The van der Waals surface area contributed by atoms with Crippen LogP contribution < -0.4 is 5.32 Å². The molecule has 1 aromatic rings. The number of nitrogens with zero attached hydrogens (tertiary/aromatic N) is 1. The molecule has 1 aromatic heterocycles. The van der Waals surface area contributed by atoms with E-state index < -0.39 is 11.8 Å². The smallest absolute Gasteiger partial charge is 0.276 e. The van der Waals surface area contributed by atoms with Gasteiger partial charge >= 0.3 is 0 Å². The maximum absolute atomic E-state index is 14.0. The molecule has 1 N–H and O–H groups in total. The predicted octanol–water partition coefficient (Wildman–Crippen LogP) is 2.17. The van der Waals surface area contributed by atoms with Crippen molar-refractivity contribution < 1.29 is 8.78 Å². The van der Waals surface area contributed by atoms with Crippen LogP contribution in [0.2, 0.25) is 0 Å². The van der Waals surface area contributed by atoms with E-state index in [4.69, 9.17) is 0 Å². The van der Waals surface area contributed by atoms with Crippen molar-refractivity contribution in [2.24, 2.45) is 5.92 Å². The predicted molar refractivity (Wildman–Crippen MR) is 53.7 cm³/mol. The first kappa shape index (κ1) is 10.5. The summed E-state index contributed by atoms with van der Waals surface area (Å²) in [5.74, 6) is -3.26. The Kier molecular flexibility index (Phi) is 2.95. The molecule has 82 valence electrons. The van der Waals surface area contributed by atoms with E-state index in [1.165, 1.54) is 24.5 Å². The first-order valence-corrected chi connectivity index (χ1v) is 5.20. The Bertz CT molecular complexity index is 308. The number of nitrogens with one attached hydrogen (secondary N) is 1. The molecular formula is C11H14F2N2.